The van der Waals surface area contributed by atoms with Crippen molar-refractivity contribution in [3.8, 4) is 0 Å². The predicted octanol–water partition coefficient (Wildman–Crippen LogP) is 4.65. The van der Waals surface area contributed by atoms with E-state index in [1.165, 1.54) is 6.07 Å². The molecule has 2 atom stereocenters. The van der Waals surface area contributed by atoms with Crippen LogP contribution in [-0.4, -0.2) is 16.7 Å². The fourth-order valence-electron chi connectivity index (χ4n) is 5.87. The van der Waals surface area contributed by atoms with E-state index in [-0.39, 0.29) is 23.2 Å². The lowest BCUT2D eigenvalue weighted by Gasteiger charge is -2.50. The second-order valence-electron chi connectivity index (χ2n) is 8.61. The van der Waals surface area contributed by atoms with Crippen LogP contribution in [0.1, 0.15) is 33.7 Å². The van der Waals surface area contributed by atoms with Gasteiger partial charge in [0.15, 0.2) is 0 Å². The number of nitro benzene ring substituents is 1. The summed E-state index contributed by atoms with van der Waals surface area (Å²) in [6, 6.07) is 19.9. The first-order chi connectivity index (χ1) is 15.4. The van der Waals surface area contributed by atoms with Crippen LogP contribution in [0, 0.1) is 28.9 Å². The Morgan fingerprint density at radius 1 is 0.938 bits per heavy atom. The van der Waals surface area contributed by atoms with E-state index >= 15 is 0 Å². The van der Waals surface area contributed by atoms with Crippen LogP contribution in [-0.2, 0) is 14.5 Å². The van der Waals surface area contributed by atoms with Crippen LogP contribution in [0.15, 0.2) is 66.7 Å². The monoisotopic (exact) mass is 444 g/mol. The van der Waals surface area contributed by atoms with Crippen LogP contribution in [0.4, 0.5) is 11.4 Å². The molecular weight excluding hydrogens is 428 g/mol. The van der Waals surface area contributed by atoms with Gasteiger partial charge in [-0.2, -0.15) is 0 Å². The summed E-state index contributed by atoms with van der Waals surface area (Å²) in [4.78, 5) is 38.4. The van der Waals surface area contributed by atoms with E-state index in [1.54, 1.807) is 19.1 Å². The fraction of sp³-hybridized carbons (Fsp3) is 0.200. The van der Waals surface area contributed by atoms with Gasteiger partial charge in [0.25, 0.3) is 5.69 Å². The molecule has 0 aromatic heterocycles. The van der Waals surface area contributed by atoms with Gasteiger partial charge in [0, 0.05) is 17.5 Å². The Balaban J connectivity index is 1.58. The van der Waals surface area contributed by atoms with E-state index in [2.05, 4.69) is 0 Å². The maximum Gasteiger partial charge on any atom is 0.274 e. The van der Waals surface area contributed by atoms with Crippen molar-refractivity contribution in [2.45, 2.75) is 17.7 Å². The highest BCUT2D eigenvalue weighted by molar-refractivity contribution is 6.33. The van der Waals surface area contributed by atoms with Crippen molar-refractivity contribution in [2.75, 3.05) is 4.90 Å². The molecule has 1 heterocycles. The predicted molar refractivity (Wildman–Crippen MR) is 119 cm³/mol. The van der Waals surface area contributed by atoms with Crippen LogP contribution in [0.3, 0.4) is 0 Å². The summed E-state index contributed by atoms with van der Waals surface area (Å²) >= 11 is 7.37. The van der Waals surface area contributed by atoms with Gasteiger partial charge in [-0.3, -0.25) is 19.7 Å². The Labute approximate surface area is 188 Å². The molecule has 7 heteroatoms. The minimum Gasteiger partial charge on any atom is -0.274 e. The fourth-order valence-corrected chi connectivity index (χ4v) is 6.44. The van der Waals surface area contributed by atoms with Crippen LogP contribution < -0.4 is 4.90 Å². The highest BCUT2D eigenvalue weighted by atomic mass is 35.5. The second kappa shape index (κ2) is 6.26. The molecule has 32 heavy (non-hydrogen) atoms. The van der Waals surface area contributed by atoms with E-state index in [4.69, 9.17) is 11.6 Å². The first-order valence-corrected chi connectivity index (χ1v) is 10.7. The molecule has 0 unspecified atom stereocenters. The first-order valence-electron chi connectivity index (χ1n) is 10.4. The van der Waals surface area contributed by atoms with Crippen molar-refractivity contribution in [3.63, 3.8) is 0 Å². The number of amides is 2. The number of halogens is 1. The second-order valence-corrected chi connectivity index (χ2v) is 9.20. The molecule has 2 amide bonds. The number of anilines is 1. The Kier molecular flexibility index (Phi) is 3.76. The largest absolute Gasteiger partial charge is 0.274 e. The van der Waals surface area contributed by atoms with Crippen molar-refractivity contribution in [2.24, 2.45) is 11.8 Å². The van der Waals surface area contributed by atoms with Crippen LogP contribution in [0.2, 0.25) is 0 Å². The highest BCUT2D eigenvalue weighted by Gasteiger charge is 2.68. The summed E-state index contributed by atoms with van der Waals surface area (Å²) in [6.45, 7) is 1.62. The normalized spacial score (nSPS) is 27.2. The van der Waals surface area contributed by atoms with Crippen molar-refractivity contribution in [1.82, 2.24) is 0 Å². The third-order valence-corrected chi connectivity index (χ3v) is 7.80. The molecule has 3 aromatic rings. The van der Waals surface area contributed by atoms with Crippen molar-refractivity contribution < 1.29 is 14.5 Å². The molecule has 6 nitrogen and oxygen atoms in total. The Morgan fingerprint density at radius 2 is 1.53 bits per heavy atom. The van der Waals surface area contributed by atoms with Crippen LogP contribution in [0.5, 0.6) is 0 Å². The molecule has 0 radical (unpaired) electrons. The topological polar surface area (TPSA) is 80.5 Å². The minimum atomic E-state index is -1.18. The SMILES string of the molecule is Cc1ccc(N2C(=O)[C@H]3C4c5ccccc5C(Cl)(c5ccccc54)[C@H]3C2=O)cc1[N+](=O)[O-]. The molecule has 1 saturated heterocycles. The van der Waals surface area contributed by atoms with Gasteiger partial charge in [-0.1, -0.05) is 54.6 Å². The molecule has 7 rings (SSSR count). The summed E-state index contributed by atoms with van der Waals surface area (Å²) in [5, 5.41) is 11.5. The number of hydrogen-bond donors (Lipinski definition) is 0. The quantitative estimate of drug-likeness (QED) is 0.249. The zero-order valence-electron chi connectivity index (χ0n) is 17.0. The number of aryl methyl sites for hydroxylation is 1. The minimum absolute atomic E-state index is 0.131. The molecule has 3 aliphatic carbocycles. The number of nitrogens with zero attached hydrogens (tertiary/aromatic N) is 2. The van der Waals surface area contributed by atoms with Gasteiger partial charge in [-0.25, -0.2) is 4.90 Å². The molecule has 0 N–H and O–H groups in total. The maximum absolute atomic E-state index is 13.8. The van der Waals surface area contributed by atoms with Crippen LogP contribution in [0.25, 0.3) is 0 Å². The molecular formula is C25H17ClN2O4. The number of hydrogen-bond acceptors (Lipinski definition) is 4. The highest BCUT2D eigenvalue weighted by Crippen LogP contribution is 2.65. The number of rotatable bonds is 2. The lowest BCUT2D eigenvalue weighted by Crippen LogP contribution is -2.50. The van der Waals surface area contributed by atoms with E-state index < -0.39 is 27.5 Å². The number of benzene rings is 3. The van der Waals surface area contributed by atoms with E-state index in [1.807, 2.05) is 48.5 Å². The standard InChI is InChI=1S/C25H17ClN2O4/c1-13-10-11-14(12-19(13)28(31)32)27-23(29)21-20-15-6-2-4-8-17(15)25(26,22(21)24(27)30)18-9-5-3-7-16(18)20/h2-12,20-22H,1H3/t20?,21-,22+,25?/m0/s1. The molecule has 4 aliphatic rings. The van der Waals surface area contributed by atoms with Crippen molar-refractivity contribution in [3.05, 3.63) is 105 Å². The number of nitro groups is 1. The molecule has 0 saturated carbocycles. The Bertz CT molecular complexity index is 1320. The molecule has 1 aliphatic heterocycles. The van der Waals surface area contributed by atoms with Gasteiger partial charge in [0.05, 0.1) is 22.4 Å². The van der Waals surface area contributed by atoms with Crippen molar-refractivity contribution in [1.29, 1.82) is 0 Å². The van der Waals surface area contributed by atoms with E-state index in [0.717, 1.165) is 27.2 Å². The van der Waals surface area contributed by atoms with Gasteiger partial charge in [0.2, 0.25) is 11.8 Å². The lowest BCUT2D eigenvalue weighted by molar-refractivity contribution is -0.385. The van der Waals surface area contributed by atoms with E-state index in [0.29, 0.717) is 5.56 Å². The number of imide groups is 1. The molecule has 1 fully saturated rings. The van der Waals surface area contributed by atoms with Gasteiger partial charge in [0.1, 0.15) is 4.87 Å². The van der Waals surface area contributed by atoms with Crippen LogP contribution >= 0.6 is 11.6 Å². The molecule has 2 bridgehead atoms. The molecule has 158 valence electrons. The molecule has 3 aromatic carbocycles. The summed E-state index contributed by atoms with van der Waals surface area (Å²) in [5.74, 6) is -2.52. The average Bonchev–Trinajstić information content (AvgIpc) is 3.06. The molecule has 0 spiro atoms. The average molecular weight is 445 g/mol. The Hall–Kier alpha value is -3.51. The van der Waals surface area contributed by atoms with Crippen molar-refractivity contribution >= 4 is 34.8 Å². The number of carbonyl (C=O) groups is 2. The Morgan fingerprint density at radius 3 is 2.12 bits per heavy atom. The zero-order chi connectivity index (χ0) is 22.4. The third-order valence-electron chi connectivity index (χ3n) is 7.16. The zero-order valence-corrected chi connectivity index (χ0v) is 17.7. The third kappa shape index (κ3) is 2.15. The van der Waals surface area contributed by atoms with Gasteiger partial charge < -0.3 is 0 Å². The van der Waals surface area contributed by atoms with Gasteiger partial charge in [-0.05, 0) is 35.2 Å². The first kappa shape index (κ1) is 19.2. The number of alkyl halides is 1. The smallest absolute Gasteiger partial charge is 0.274 e. The van der Waals surface area contributed by atoms with E-state index in [9.17, 15) is 19.7 Å². The lowest BCUT2D eigenvalue weighted by atomic mass is 9.54. The number of carbonyl (C=O) groups excluding carboxylic acids is 2. The van der Waals surface area contributed by atoms with Gasteiger partial charge >= 0.3 is 0 Å². The van der Waals surface area contributed by atoms with Gasteiger partial charge in [-0.15, -0.1) is 11.6 Å². The summed E-state index contributed by atoms with van der Waals surface area (Å²) in [5.41, 5.74) is 4.16. The summed E-state index contributed by atoms with van der Waals surface area (Å²) in [7, 11) is 0. The summed E-state index contributed by atoms with van der Waals surface area (Å²) < 4.78 is 0. The maximum atomic E-state index is 13.8. The summed E-state index contributed by atoms with van der Waals surface area (Å²) in [6.07, 6.45) is 0.